The van der Waals surface area contributed by atoms with Crippen molar-refractivity contribution in [2.24, 2.45) is 5.73 Å². The lowest BCUT2D eigenvalue weighted by molar-refractivity contribution is -0.127. The van der Waals surface area contributed by atoms with E-state index in [0.29, 0.717) is 6.10 Å². The number of nitrogens with one attached hydrogen (secondary N) is 1. The van der Waals surface area contributed by atoms with Crippen LogP contribution in [0.1, 0.15) is 46.0 Å². The molecule has 2 saturated heterocycles. The van der Waals surface area contributed by atoms with Gasteiger partial charge in [0.05, 0.1) is 23.8 Å². The Kier molecular flexibility index (Phi) is 4.81. The summed E-state index contributed by atoms with van der Waals surface area (Å²) in [6.07, 6.45) is 5.42. The zero-order valence-electron chi connectivity index (χ0n) is 10.6. The molecule has 4 nitrogen and oxygen atoms in total. The Bertz CT molecular complexity index is 284. The third kappa shape index (κ3) is 3.12. The summed E-state index contributed by atoms with van der Waals surface area (Å²) in [5.41, 5.74) is 5.25. The van der Waals surface area contributed by atoms with Crippen molar-refractivity contribution < 1.29 is 9.53 Å². The lowest BCUT2D eigenvalue weighted by Gasteiger charge is -2.27. The van der Waals surface area contributed by atoms with E-state index in [1.54, 1.807) is 6.92 Å². The second-order valence-electron chi connectivity index (χ2n) is 5.36. The molecule has 2 bridgehead atoms. The summed E-state index contributed by atoms with van der Waals surface area (Å²) in [5.74, 6) is -0.0319. The van der Waals surface area contributed by atoms with Crippen molar-refractivity contribution in [3.63, 3.8) is 0 Å². The second kappa shape index (κ2) is 5.55. The monoisotopic (exact) mass is 262 g/mol. The van der Waals surface area contributed by atoms with Crippen molar-refractivity contribution in [1.29, 1.82) is 0 Å². The normalized spacial score (nSPS) is 33.9. The molecule has 0 aliphatic carbocycles. The van der Waals surface area contributed by atoms with Crippen LogP contribution in [0.5, 0.6) is 0 Å². The van der Waals surface area contributed by atoms with Gasteiger partial charge in [0.15, 0.2) is 0 Å². The van der Waals surface area contributed by atoms with Crippen molar-refractivity contribution in [3.05, 3.63) is 0 Å². The number of halogens is 1. The number of rotatable bonds is 4. The molecule has 0 saturated carbocycles. The molecule has 0 spiro atoms. The molecule has 17 heavy (non-hydrogen) atoms. The highest BCUT2D eigenvalue weighted by molar-refractivity contribution is 5.86. The lowest BCUT2D eigenvalue weighted by atomic mass is 9.92. The van der Waals surface area contributed by atoms with Crippen molar-refractivity contribution >= 4 is 18.3 Å². The van der Waals surface area contributed by atoms with E-state index in [1.165, 1.54) is 0 Å². The number of carbonyl (C=O) groups excluding carboxylic acids is 1. The Morgan fingerprint density at radius 1 is 1.53 bits per heavy atom. The summed E-state index contributed by atoms with van der Waals surface area (Å²) in [4.78, 5) is 12.0. The van der Waals surface area contributed by atoms with Gasteiger partial charge in [-0.1, -0.05) is 13.3 Å². The molecular weight excluding hydrogens is 240 g/mol. The summed E-state index contributed by atoms with van der Waals surface area (Å²) in [5, 5.41) is 3.05. The van der Waals surface area contributed by atoms with Crippen molar-refractivity contribution in [2.45, 2.75) is 69.7 Å². The average molecular weight is 263 g/mol. The van der Waals surface area contributed by atoms with Crippen LogP contribution in [0.15, 0.2) is 0 Å². The summed E-state index contributed by atoms with van der Waals surface area (Å²) < 4.78 is 5.70. The van der Waals surface area contributed by atoms with Gasteiger partial charge in [0, 0.05) is 0 Å². The van der Waals surface area contributed by atoms with Crippen LogP contribution in [-0.4, -0.2) is 29.7 Å². The molecule has 2 aliphatic heterocycles. The van der Waals surface area contributed by atoms with Gasteiger partial charge in [-0.3, -0.25) is 4.79 Å². The van der Waals surface area contributed by atoms with E-state index < -0.39 is 5.54 Å². The molecule has 0 radical (unpaired) electrons. The van der Waals surface area contributed by atoms with Crippen LogP contribution in [0.4, 0.5) is 0 Å². The molecule has 3 N–H and O–H groups in total. The van der Waals surface area contributed by atoms with Crippen molar-refractivity contribution in [2.75, 3.05) is 0 Å². The van der Waals surface area contributed by atoms with Crippen LogP contribution >= 0.6 is 12.4 Å². The Morgan fingerprint density at radius 3 is 2.71 bits per heavy atom. The SMILES string of the molecule is CCCC(C)(N)C(=O)NC1CC2CCC1O2.Cl. The van der Waals surface area contributed by atoms with Crippen LogP contribution < -0.4 is 11.1 Å². The van der Waals surface area contributed by atoms with Crippen LogP contribution in [-0.2, 0) is 9.53 Å². The number of carbonyl (C=O) groups is 1. The molecule has 4 atom stereocenters. The third-order valence-corrected chi connectivity index (χ3v) is 3.71. The second-order valence-corrected chi connectivity index (χ2v) is 5.36. The first-order chi connectivity index (χ1) is 7.53. The molecule has 2 fully saturated rings. The first kappa shape index (κ1) is 14.7. The summed E-state index contributed by atoms with van der Waals surface area (Å²) in [6.45, 7) is 3.85. The topological polar surface area (TPSA) is 64.4 Å². The molecule has 0 aromatic heterocycles. The highest BCUT2D eigenvalue weighted by Crippen LogP contribution is 2.34. The van der Waals surface area contributed by atoms with Crippen molar-refractivity contribution in [3.8, 4) is 0 Å². The average Bonchev–Trinajstić information content (AvgIpc) is 2.78. The van der Waals surface area contributed by atoms with Gasteiger partial charge in [0.25, 0.3) is 0 Å². The van der Waals surface area contributed by atoms with E-state index in [2.05, 4.69) is 5.32 Å². The van der Waals surface area contributed by atoms with Gasteiger partial charge in [-0.2, -0.15) is 0 Å². The molecule has 1 amide bonds. The molecular formula is C12H23ClN2O2. The van der Waals surface area contributed by atoms with Crippen LogP contribution in [0.2, 0.25) is 0 Å². The first-order valence-corrected chi connectivity index (χ1v) is 6.28. The highest BCUT2D eigenvalue weighted by Gasteiger charge is 2.42. The van der Waals surface area contributed by atoms with Gasteiger partial charge >= 0.3 is 0 Å². The Labute approximate surface area is 109 Å². The number of amides is 1. The molecule has 2 aliphatic rings. The fourth-order valence-corrected chi connectivity index (χ4v) is 2.76. The largest absolute Gasteiger partial charge is 0.373 e. The van der Waals surface area contributed by atoms with Crippen LogP contribution in [0, 0.1) is 0 Å². The number of fused-ring (bicyclic) bond motifs is 2. The maximum absolute atomic E-state index is 12.0. The molecule has 5 heteroatoms. The Morgan fingerprint density at radius 2 is 2.24 bits per heavy atom. The van der Waals surface area contributed by atoms with E-state index in [-0.39, 0.29) is 30.5 Å². The molecule has 2 heterocycles. The molecule has 2 rings (SSSR count). The van der Waals surface area contributed by atoms with Gasteiger partial charge in [0.2, 0.25) is 5.91 Å². The fourth-order valence-electron chi connectivity index (χ4n) is 2.76. The highest BCUT2D eigenvalue weighted by atomic mass is 35.5. The number of nitrogens with two attached hydrogens (primary N) is 1. The smallest absolute Gasteiger partial charge is 0.240 e. The van der Waals surface area contributed by atoms with E-state index >= 15 is 0 Å². The minimum absolute atomic E-state index is 0. The van der Waals surface area contributed by atoms with Gasteiger partial charge in [-0.05, 0) is 32.6 Å². The Hall–Kier alpha value is -0.320. The first-order valence-electron chi connectivity index (χ1n) is 6.28. The summed E-state index contributed by atoms with van der Waals surface area (Å²) >= 11 is 0. The predicted octanol–water partition coefficient (Wildman–Crippen LogP) is 1.36. The summed E-state index contributed by atoms with van der Waals surface area (Å²) in [7, 11) is 0. The maximum atomic E-state index is 12.0. The lowest BCUT2D eigenvalue weighted by Crippen LogP contribution is -2.55. The van der Waals surface area contributed by atoms with E-state index in [1.807, 2.05) is 6.92 Å². The van der Waals surface area contributed by atoms with Gasteiger partial charge in [-0.25, -0.2) is 0 Å². The molecule has 4 unspecified atom stereocenters. The van der Waals surface area contributed by atoms with Gasteiger partial charge in [-0.15, -0.1) is 12.4 Å². The van der Waals surface area contributed by atoms with E-state index in [0.717, 1.165) is 32.1 Å². The number of hydrogen-bond acceptors (Lipinski definition) is 3. The quantitative estimate of drug-likeness (QED) is 0.804. The van der Waals surface area contributed by atoms with Crippen molar-refractivity contribution in [1.82, 2.24) is 5.32 Å². The summed E-state index contributed by atoms with van der Waals surface area (Å²) in [6, 6.07) is 0.186. The Balaban J connectivity index is 0.00000144. The zero-order chi connectivity index (χ0) is 11.8. The minimum atomic E-state index is -0.740. The van der Waals surface area contributed by atoms with E-state index in [4.69, 9.17) is 10.5 Å². The molecule has 0 aromatic rings. The zero-order valence-corrected chi connectivity index (χ0v) is 11.4. The van der Waals surface area contributed by atoms with Crippen LogP contribution in [0.25, 0.3) is 0 Å². The molecule has 100 valence electrons. The standard InChI is InChI=1S/C12H22N2O2.ClH/c1-3-6-12(2,13)11(15)14-9-7-8-4-5-10(9)16-8;/h8-10H,3-7,13H2,1-2H3,(H,14,15);1H. The minimum Gasteiger partial charge on any atom is -0.373 e. The predicted molar refractivity (Wildman–Crippen MR) is 69.2 cm³/mol. The maximum Gasteiger partial charge on any atom is 0.240 e. The van der Waals surface area contributed by atoms with Crippen LogP contribution in [0.3, 0.4) is 0 Å². The van der Waals surface area contributed by atoms with E-state index in [9.17, 15) is 4.79 Å². The number of ether oxygens (including phenoxy) is 1. The molecule has 0 aromatic carbocycles. The van der Waals surface area contributed by atoms with Gasteiger partial charge < -0.3 is 15.8 Å². The fraction of sp³-hybridized carbons (Fsp3) is 0.917. The van der Waals surface area contributed by atoms with Gasteiger partial charge in [0.1, 0.15) is 0 Å². The number of hydrogen-bond donors (Lipinski definition) is 2. The third-order valence-electron chi connectivity index (χ3n) is 3.71.